The standard InChI is InChI=1S/C17H22O2/c1-10(2)13-6-5-11(3)7-14(13)17-15(18)8-12(4)9-16(17)19/h5,8-9,13-14,18-19H,1,6-7H2,2-4H3/t13-,14?/m0/s1. The highest BCUT2D eigenvalue weighted by molar-refractivity contribution is 5.50. The minimum atomic E-state index is 0.114. The molecule has 0 amide bonds. The fraction of sp³-hybridized carbons (Fsp3) is 0.412. The van der Waals surface area contributed by atoms with E-state index in [9.17, 15) is 10.2 Å². The maximum absolute atomic E-state index is 10.2. The third kappa shape index (κ3) is 2.67. The van der Waals surface area contributed by atoms with Gasteiger partial charge in [0.25, 0.3) is 0 Å². The van der Waals surface area contributed by atoms with Crippen LogP contribution in [0.4, 0.5) is 0 Å². The van der Waals surface area contributed by atoms with E-state index in [1.54, 1.807) is 12.1 Å². The molecule has 0 saturated heterocycles. The maximum atomic E-state index is 10.2. The topological polar surface area (TPSA) is 40.5 Å². The van der Waals surface area contributed by atoms with Crippen molar-refractivity contribution in [2.45, 2.75) is 39.5 Å². The first-order valence-electron chi connectivity index (χ1n) is 6.73. The summed E-state index contributed by atoms with van der Waals surface area (Å²) in [4.78, 5) is 0. The quantitative estimate of drug-likeness (QED) is 0.771. The van der Waals surface area contributed by atoms with Crippen molar-refractivity contribution >= 4 is 0 Å². The van der Waals surface area contributed by atoms with Gasteiger partial charge in [0.1, 0.15) is 11.5 Å². The van der Waals surface area contributed by atoms with Crippen LogP contribution in [0.25, 0.3) is 0 Å². The van der Waals surface area contributed by atoms with Crippen molar-refractivity contribution in [1.29, 1.82) is 0 Å². The lowest BCUT2D eigenvalue weighted by atomic mass is 9.72. The maximum Gasteiger partial charge on any atom is 0.123 e. The lowest BCUT2D eigenvalue weighted by Crippen LogP contribution is -2.18. The predicted octanol–water partition coefficient (Wildman–Crippen LogP) is 4.42. The highest BCUT2D eigenvalue weighted by Crippen LogP contribution is 2.47. The lowest BCUT2D eigenvalue weighted by molar-refractivity contribution is 0.391. The summed E-state index contributed by atoms with van der Waals surface area (Å²) in [7, 11) is 0. The van der Waals surface area contributed by atoms with Crippen LogP contribution in [0.1, 0.15) is 43.7 Å². The number of hydrogen-bond acceptors (Lipinski definition) is 2. The molecule has 1 aromatic carbocycles. The molecular weight excluding hydrogens is 236 g/mol. The molecule has 2 N–H and O–H groups in total. The van der Waals surface area contributed by atoms with E-state index in [0.29, 0.717) is 5.56 Å². The van der Waals surface area contributed by atoms with Crippen molar-refractivity contribution in [3.8, 4) is 11.5 Å². The van der Waals surface area contributed by atoms with Crippen molar-refractivity contribution in [3.05, 3.63) is 47.1 Å². The molecule has 0 heterocycles. The van der Waals surface area contributed by atoms with Crippen LogP contribution in [0.5, 0.6) is 11.5 Å². The van der Waals surface area contributed by atoms with Gasteiger partial charge in [0.2, 0.25) is 0 Å². The van der Waals surface area contributed by atoms with Gasteiger partial charge in [0, 0.05) is 11.5 Å². The highest BCUT2D eigenvalue weighted by atomic mass is 16.3. The van der Waals surface area contributed by atoms with E-state index in [1.165, 1.54) is 5.57 Å². The van der Waals surface area contributed by atoms with Gasteiger partial charge in [-0.15, -0.1) is 0 Å². The number of phenolic OH excluding ortho intramolecular Hbond substituents is 2. The zero-order valence-electron chi connectivity index (χ0n) is 11.9. The zero-order valence-corrected chi connectivity index (χ0v) is 11.9. The average molecular weight is 258 g/mol. The van der Waals surface area contributed by atoms with Crippen molar-refractivity contribution in [3.63, 3.8) is 0 Å². The Morgan fingerprint density at radius 1 is 1.21 bits per heavy atom. The first kappa shape index (κ1) is 13.7. The number of phenols is 2. The third-order valence-corrected chi connectivity index (χ3v) is 4.03. The molecule has 2 nitrogen and oxygen atoms in total. The van der Waals surface area contributed by atoms with Crippen LogP contribution in [0, 0.1) is 12.8 Å². The van der Waals surface area contributed by atoms with Crippen LogP contribution >= 0.6 is 0 Å². The van der Waals surface area contributed by atoms with E-state index < -0.39 is 0 Å². The number of hydrogen-bond donors (Lipinski definition) is 2. The SMILES string of the molecule is C=C(C)[C@@H]1CC=C(C)CC1c1c(O)cc(C)cc1O. The normalized spacial score (nSPS) is 23.0. The second kappa shape index (κ2) is 5.12. The van der Waals surface area contributed by atoms with Gasteiger partial charge in [-0.1, -0.05) is 23.8 Å². The van der Waals surface area contributed by atoms with Gasteiger partial charge in [-0.25, -0.2) is 0 Å². The van der Waals surface area contributed by atoms with Crippen LogP contribution in [-0.2, 0) is 0 Å². The summed E-state index contributed by atoms with van der Waals surface area (Å²) in [6.45, 7) is 10.1. The Labute approximate surface area is 115 Å². The molecule has 1 aliphatic carbocycles. The zero-order chi connectivity index (χ0) is 14.2. The van der Waals surface area contributed by atoms with Gasteiger partial charge in [-0.05, 0) is 57.2 Å². The number of allylic oxidation sites excluding steroid dienone is 3. The predicted molar refractivity (Wildman–Crippen MR) is 78.5 cm³/mol. The molecule has 102 valence electrons. The van der Waals surface area contributed by atoms with E-state index in [-0.39, 0.29) is 23.3 Å². The number of benzene rings is 1. The molecule has 0 aromatic heterocycles. The molecule has 2 atom stereocenters. The molecule has 1 unspecified atom stereocenters. The minimum Gasteiger partial charge on any atom is -0.508 e. The Balaban J connectivity index is 2.49. The Morgan fingerprint density at radius 2 is 1.79 bits per heavy atom. The summed E-state index contributed by atoms with van der Waals surface area (Å²) in [5.74, 6) is 0.790. The summed E-state index contributed by atoms with van der Waals surface area (Å²) in [6.07, 6.45) is 4.03. The Kier molecular flexibility index (Phi) is 3.70. The van der Waals surface area contributed by atoms with Crippen LogP contribution in [0.3, 0.4) is 0 Å². The fourth-order valence-electron chi connectivity index (χ4n) is 3.05. The summed E-state index contributed by atoms with van der Waals surface area (Å²) in [5.41, 5.74) is 3.95. The summed E-state index contributed by atoms with van der Waals surface area (Å²) in [6, 6.07) is 3.44. The van der Waals surface area contributed by atoms with Crippen LogP contribution in [0.2, 0.25) is 0 Å². The summed E-state index contributed by atoms with van der Waals surface area (Å²) >= 11 is 0. The smallest absolute Gasteiger partial charge is 0.123 e. The Hall–Kier alpha value is -1.70. The summed E-state index contributed by atoms with van der Waals surface area (Å²) in [5, 5.41) is 20.4. The van der Waals surface area contributed by atoms with Gasteiger partial charge in [0.05, 0.1) is 0 Å². The molecule has 2 rings (SSSR count). The number of rotatable bonds is 2. The molecule has 1 aliphatic rings. The molecular formula is C17H22O2. The molecule has 0 bridgehead atoms. The molecule has 1 aromatic rings. The van der Waals surface area contributed by atoms with E-state index >= 15 is 0 Å². The molecule has 0 aliphatic heterocycles. The van der Waals surface area contributed by atoms with Crippen LogP contribution in [0.15, 0.2) is 35.9 Å². The first-order chi connectivity index (χ1) is 8.90. The second-order valence-electron chi connectivity index (χ2n) is 5.77. The van der Waals surface area contributed by atoms with Gasteiger partial charge >= 0.3 is 0 Å². The van der Waals surface area contributed by atoms with E-state index in [0.717, 1.165) is 24.0 Å². The third-order valence-electron chi connectivity index (χ3n) is 4.03. The van der Waals surface area contributed by atoms with E-state index in [4.69, 9.17) is 0 Å². The highest BCUT2D eigenvalue weighted by Gasteiger charge is 2.30. The molecule has 0 saturated carbocycles. The molecule has 19 heavy (non-hydrogen) atoms. The van der Waals surface area contributed by atoms with Crippen LogP contribution < -0.4 is 0 Å². The Bertz CT molecular complexity index is 517. The van der Waals surface area contributed by atoms with E-state index in [1.807, 2.05) is 13.8 Å². The molecule has 2 heteroatoms. The second-order valence-corrected chi connectivity index (χ2v) is 5.77. The largest absolute Gasteiger partial charge is 0.508 e. The Morgan fingerprint density at radius 3 is 2.32 bits per heavy atom. The van der Waals surface area contributed by atoms with Crippen molar-refractivity contribution in [2.24, 2.45) is 5.92 Å². The van der Waals surface area contributed by atoms with Gasteiger partial charge in [-0.3, -0.25) is 0 Å². The number of aromatic hydroxyl groups is 2. The average Bonchev–Trinajstić information content (AvgIpc) is 2.27. The number of aryl methyl sites for hydroxylation is 1. The van der Waals surface area contributed by atoms with Gasteiger partial charge in [0.15, 0.2) is 0 Å². The molecule has 0 fully saturated rings. The van der Waals surface area contributed by atoms with Gasteiger partial charge in [-0.2, -0.15) is 0 Å². The van der Waals surface area contributed by atoms with Crippen molar-refractivity contribution < 1.29 is 10.2 Å². The first-order valence-corrected chi connectivity index (χ1v) is 6.73. The monoisotopic (exact) mass is 258 g/mol. The molecule has 0 spiro atoms. The molecule has 0 radical (unpaired) electrons. The van der Waals surface area contributed by atoms with Crippen LogP contribution in [-0.4, -0.2) is 10.2 Å². The van der Waals surface area contributed by atoms with Crippen molar-refractivity contribution in [2.75, 3.05) is 0 Å². The van der Waals surface area contributed by atoms with E-state index in [2.05, 4.69) is 19.6 Å². The lowest BCUT2D eigenvalue weighted by Gasteiger charge is -2.32. The fourth-order valence-corrected chi connectivity index (χ4v) is 3.05. The summed E-state index contributed by atoms with van der Waals surface area (Å²) < 4.78 is 0. The van der Waals surface area contributed by atoms with Crippen molar-refractivity contribution in [1.82, 2.24) is 0 Å². The minimum absolute atomic E-state index is 0.114. The van der Waals surface area contributed by atoms with Gasteiger partial charge < -0.3 is 10.2 Å².